The van der Waals surface area contributed by atoms with E-state index < -0.39 is 0 Å². The molecule has 1 heterocycles. The zero-order valence-corrected chi connectivity index (χ0v) is 14.1. The second-order valence-electron chi connectivity index (χ2n) is 4.99. The second kappa shape index (κ2) is 9.75. The first-order chi connectivity index (χ1) is 9.17. The Hall–Kier alpha value is -0.100. The lowest BCUT2D eigenvalue weighted by Gasteiger charge is -2.06. The highest BCUT2D eigenvalue weighted by molar-refractivity contribution is 7.98. The lowest BCUT2D eigenvalue weighted by molar-refractivity contribution is 0.181. The van der Waals surface area contributed by atoms with Gasteiger partial charge in [0.05, 0.1) is 12.3 Å². The molecule has 0 spiro atoms. The minimum atomic E-state index is 0.619. The molecule has 3 nitrogen and oxygen atoms in total. The molecular weight excluding hydrogens is 276 g/mol. The fraction of sp³-hybridized carbons (Fsp3) is 0.786. The predicted molar refractivity (Wildman–Crippen MR) is 85.8 cm³/mol. The molecule has 1 rings (SSSR count). The molecule has 0 aliphatic rings. The minimum Gasteiger partial charge on any atom is -0.378 e. The molecular formula is C14H26N2OS2. The number of thioether (sulfide) groups is 1. The standard InChI is InChI=1S/C14H26N2OS2/c1-5-6-18-10-14-16-12(9-17-4)13(19-14)8-15-7-11(2)3/h11,15H,5-10H2,1-4H3. The van der Waals surface area contributed by atoms with E-state index in [9.17, 15) is 0 Å². The predicted octanol–water partition coefficient (Wildman–Crippen LogP) is 3.68. The normalized spacial score (nSPS) is 11.4. The summed E-state index contributed by atoms with van der Waals surface area (Å²) in [5.74, 6) is 2.91. The average molecular weight is 303 g/mol. The zero-order chi connectivity index (χ0) is 14.1. The molecule has 0 aliphatic heterocycles. The summed E-state index contributed by atoms with van der Waals surface area (Å²) < 4.78 is 5.24. The Bertz CT molecular complexity index is 353. The molecule has 5 heteroatoms. The van der Waals surface area contributed by atoms with E-state index in [1.807, 2.05) is 23.1 Å². The maximum absolute atomic E-state index is 5.24. The highest BCUT2D eigenvalue weighted by Crippen LogP contribution is 2.23. The van der Waals surface area contributed by atoms with Gasteiger partial charge in [0.15, 0.2) is 0 Å². The number of thiazole rings is 1. The van der Waals surface area contributed by atoms with Crippen LogP contribution in [0.25, 0.3) is 0 Å². The van der Waals surface area contributed by atoms with Crippen molar-refractivity contribution >= 4 is 23.1 Å². The van der Waals surface area contributed by atoms with Crippen molar-refractivity contribution in [3.63, 3.8) is 0 Å². The number of aromatic nitrogens is 1. The Labute approximate surface area is 125 Å². The monoisotopic (exact) mass is 302 g/mol. The number of hydrogen-bond acceptors (Lipinski definition) is 5. The number of ether oxygens (including phenoxy) is 1. The van der Waals surface area contributed by atoms with Gasteiger partial charge in [-0.15, -0.1) is 11.3 Å². The number of nitrogens with one attached hydrogen (secondary N) is 1. The molecule has 110 valence electrons. The van der Waals surface area contributed by atoms with Crippen LogP contribution in [0.15, 0.2) is 0 Å². The lowest BCUT2D eigenvalue weighted by atomic mass is 10.2. The van der Waals surface area contributed by atoms with Gasteiger partial charge in [-0.1, -0.05) is 20.8 Å². The summed E-state index contributed by atoms with van der Waals surface area (Å²) in [7, 11) is 1.73. The van der Waals surface area contributed by atoms with Crippen LogP contribution < -0.4 is 5.32 Å². The van der Waals surface area contributed by atoms with Crippen LogP contribution >= 0.6 is 23.1 Å². The molecule has 19 heavy (non-hydrogen) atoms. The first-order valence-electron chi connectivity index (χ1n) is 6.92. The van der Waals surface area contributed by atoms with E-state index >= 15 is 0 Å². The maximum Gasteiger partial charge on any atom is 0.103 e. The van der Waals surface area contributed by atoms with Crippen LogP contribution in [-0.4, -0.2) is 24.4 Å². The first kappa shape index (κ1) is 17.0. The highest BCUT2D eigenvalue weighted by atomic mass is 32.2. The van der Waals surface area contributed by atoms with Crippen LogP contribution in [0.5, 0.6) is 0 Å². The summed E-state index contributed by atoms with van der Waals surface area (Å²) in [6.07, 6.45) is 1.23. The van der Waals surface area contributed by atoms with Crippen molar-refractivity contribution in [3.8, 4) is 0 Å². The van der Waals surface area contributed by atoms with Gasteiger partial charge >= 0.3 is 0 Å². The van der Waals surface area contributed by atoms with Crippen molar-refractivity contribution in [2.75, 3.05) is 19.4 Å². The van der Waals surface area contributed by atoms with E-state index in [-0.39, 0.29) is 0 Å². The molecule has 0 saturated carbocycles. The van der Waals surface area contributed by atoms with Gasteiger partial charge in [0.25, 0.3) is 0 Å². The van der Waals surface area contributed by atoms with E-state index in [0.717, 1.165) is 24.5 Å². The first-order valence-corrected chi connectivity index (χ1v) is 8.89. The lowest BCUT2D eigenvalue weighted by Crippen LogP contribution is -2.19. The largest absolute Gasteiger partial charge is 0.378 e. The highest BCUT2D eigenvalue weighted by Gasteiger charge is 2.11. The summed E-state index contributed by atoms with van der Waals surface area (Å²) in [4.78, 5) is 6.03. The van der Waals surface area contributed by atoms with Gasteiger partial charge in [-0.25, -0.2) is 4.98 Å². The van der Waals surface area contributed by atoms with Crippen molar-refractivity contribution in [2.24, 2.45) is 5.92 Å². The topological polar surface area (TPSA) is 34.1 Å². The van der Waals surface area contributed by atoms with Gasteiger partial charge in [-0.05, 0) is 24.6 Å². The summed E-state index contributed by atoms with van der Waals surface area (Å²) in [6, 6.07) is 0. The molecule has 0 atom stereocenters. The summed E-state index contributed by atoms with van der Waals surface area (Å²) in [5, 5.41) is 4.72. The van der Waals surface area contributed by atoms with Gasteiger partial charge in [-0.3, -0.25) is 0 Å². The van der Waals surface area contributed by atoms with Crippen LogP contribution in [-0.2, 0) is 23.6 Å². The van der Waals surface area contributed by atoms with Crippen molar-refractivity contribution in [1.82, 2.24) is 10.3 Å². The van der Waals surface area contributed by atoms with Crippen LogP contribution in [0.1, 0.15) is 42.8 Å². The van der Waals surface area contributed by atoms with E-state index in [4.69, 9.17) is 9.72 Å². The van der Waals surface area contributed by atoms with Crippen LogP contribution in [0, 0.1) is 5.92 Å². The third kappa shape index (κ3) is 6.75. The van der Waals surface area contributed by atoms with Crippen molar-refractivity contribution in [3.05, 3.63) is 15.6 Å². The SMILES string of the molecule is CCCSCc1nc(COC)c(CNCC(C)C)s1. The molecule has 0 radical (unpaired) electrons. The van der Waals surface area contributed by atoms with Crippen LogP contribution in [0.2, 0.25) is 0 Å². The van der Waals surface area contributed by atoms with Gasteiger partial charge < -0.3 is 10.1 Å². The summed E-state index contributed by atoms with van der Waals surface area (Å²) in [6.45, 7) is 9.24. The molecule has 0 aliphatic carbocycles. The molecule has 1 N–H and O–H groups in total. The quantitative estimate of drug-likeness (QED) is 0.669. The zero-order valence-electron chi connectivity index (χ0n) is 12.5. The Balaban J connectivity index is 2.55. The van der Waals surface area contributed by atoms with Crippen molar-refractivity contribution in [1.29, 1.82) is 0 Å². The van der Waals surface area contributed by atoms with E-state index in [0.29, 0.717) is 12.5 Å². The van der Waals surface area contributed by atoms with Gasteiger partial charge in [0.2, 0.25) is 0 Å². The average Bonchev–Trinajstić information content (AvgIpc) is 2.72. The van der Waals surface area contributed by atoms with Gasteiger partial charge in [0, 0.05) is 24.3 Å². The number of hydrogen-bond donors (Lipinski definition) is 1. The van der Waals surface area contributed by atoms with E-state index in [1.165, 1.54) is 22.1 Å². The maximum atomic E-state index is 5.24. The molecule has 0 aromatic carbocycles. The van der Waals surface area contributed by atoms with E-state index in [1.54, 1.807) is 7.11 Å². The number of nitrogens with zero attached hydrogens (tertiary/aromatic N) is 1. The molecule has 0 unspecified atom stereocenters. The van der Waals surface area contributed by atoms with Crippen LogP contribution in [0.3, 0.4) is 0 Å². The Morgan fingerprint density at radius 3 is 2.84 bits per heavy atom. The fourth-order valence-corrected chi connectivity index (χ4v) is 3.66. The third-order valence-electron chi connectivity index (χ3n) is 2.52. The minimum absolute atomic E-state index is 0.619. The molecule has 1 aromatic heterocycles. The number of methoxy groups -OCH3 is 1. The smallest absolute Gasteiger partial charge is 0.103 e. The molecule has 0 fully saturated rings. The second-order valence-corrected chi connectivity index (χ2v) is 7.26. The van der Waals surface area contributed by atoms with Crippen molar-refractivity contribution in [2.45, 2.75) is 46.1 Å². The molecule has 0 amide bonds. The van der Waals surface area contributed by atoms with Gasteiger partial charge in [0.1, 0.15) is 5.01 Å². The Kier molecular flexibility index (Phi) is 8.70. The molecule has 0 bridgehead atoms. The third-order valence-corrected chi connectivity index (χ3v) is 4.97. The van der Waals surface area contributed by atoms with Crippen molar-refractivity contribution < 1.29 is 4.74 Å². The van der Waals surface area contributed by atoms with Crippen LogP contribution in [0.4, 0.5) is 0 Å². The fourth-order valence-electron chi connectivity index (χ4n) is 1.66. The Morgan fingerprint density at radius 1 is 1.42 bits per heavy atom. The number of rotatable bonds is 10. The summed E-state index contributed by atoms with van der Waals surface area (Å²) >= 11 is 3.79. The van der Waals surface area contributed by atoms with E-state index in [2.05, 4.69) is 26.1 Å². The van der Waals surface area contributed by atoms with Gasteiger partial charge in [-0.2, -0.15) is 11.8 Å². The summed E-state index contributed by atoms with van der Waals surface area (Å²) in [5.41, 5.74) is 1.11. The Morgan fingerprint density at radius 2 is 2.21 bits per heavy atom. The molecule has 0 saturated heterocycles. The molecule has 1 aromatic rings.